The summed E-state index contributed by atoms with van der Waals surface area (Å²) in [6.07, 6.45) is 1.03. The van der Waals surface area contributed by atoms with E-state index in [2.05, 4.69) is 20.3 Å². The Labute approximate surface area is 337 Å². The largest absolute Gasteiger partial charge is 0.483 e. The minimum atomic E-state index is -4.90. The summed E-state index contributed by atoms with van der Waals surface area (Å²) in [6, 6.07) is 2.38. The zero-order valence-corrected chi connectivity index (χ0v) is 34.8. The lowest BCUT2D eigenvalue weighted by atomic mass is 9.86. The van der Waals surface area contributed by atoms with Gasteiger partial charge >= 0.3 is 12.3 Å². The molecule has 4 aliphatic rings. The van der Waals surface area contributed by atoms with E-state index in [0.717, 1.165) is 5.56 Å². The molecule has 3 aliphatic heterocycles. The number of benzene rings is 1. The molecule has 4 heterocycles. The lowest BCUT2D eigenvalue weighted by molar-refractivity contribution is -0.144. The van der Waals surface area contributed by atoms with Crippen molar-refractivity contribution in [2.45, 2.75) is 146 Å². The fourth-order valence-electron chi connectivity index (χ4n) is 7.77. The summed E-state index contributed by atoms with van der Waals surface area (Å²) in [4.78, 5) is 61.5. The summed E-state index contributed by atoms with van der Waals surface area (Å²) in [5.41, 5.74) is -3.65. The lowest BCUT2D eigenvalue weighted by Crippen LogP contribution is -2.62. The molecule has 1 aliphatic carbocycles. The molecule has 1 spiro atoms. The van der Waals surface area contributed by atoms with E-state index in [4.69, 9.17) is 9.47 Å². The molecule has 4 atom stereocenters. The van der Waals surface area contributed by atoms with Crippen molar-refractivity contribution in [3.8, 4) is 5.75 Å². The van der Waals surface area contributed by atoms with Crippen LogP contribution in [-0.2, 0) is 41.7 Å². The minimum absolute atomic E-state index is 0.0521. The zero-order chi connectivity index (χ0) is 42.5. The van der Waals surface area contributed by atoms with Gasteiger partial charge in [-0.2, -0.15) is 13.2 Å². The quantitative estimate of drug-likeness (QED) is 0.299. The van der Waals surface area contributed by atoms with Crippen molar-refractivity contribution in [3.05, 3.63) is 47.2 Å². The Morgan fingerprint density at radius 2 is 1.79 bits per heavy atom. The van der Waals surface area contributed by atoms with E-state index in [1.807, 2.05) is 33.8 Å². The number of nitrogens with one attached hydrogen (secondary N) is 3. The smallest absolute Gasteiger partial charge is 0.437 e. The van der Waals surface area contributed by atoms with E-state index in [1.54, 1.807) is 18.2 Å². The molecule has 58 heavy (non-hydrogen) atoms. The number of hydrogen-bond donors (Lipinski definition) is 3. The first-order valence-corrected chi connectivity index (χ1v) is 21.4. The normalized spacial score (nSPS) is 27.3. The lowest BCUT2D eigenvalue weighted by Gasteiger charge is -2.37. The minimum Gasteiger partial charge on any atom is -0.483 e. The van der Waals surface area contributed by atoms with Crippen LogP contribution in [0.2, 0.25) is 0 Å². The van der Waals surface area contributed by atoms with Gasteiger partial charge in [0.1, 0.15) is 23.2 Å². The van der Waals surface area contributed by atoms with Crippen molar-refractivity contribution in [1.29, 1.82) is 0 Å². The van der Waals surface area contributed by atoms with Gasteiger partial charge in [0.15, 0.2) is 11.4 Å². The fraction of sp³-hybridized carbons (Fsp3) is 0.634. The van der Waals surface area contributed by atoms with Crippen LogP contribution in [0.1, 0.15) is 116 Å². The van der Waals surface area contributed by atoms with E-state index >= 15 is 0 Å². The number of ether oxygens (including phenoxy) is 2. The molecule has 1 saturated heterocycles. The highest BCUT2D eigenvalue weighted by molar-refractivity contribution is 7.91. The molecule has 0 bridgehead atoms. The Kier molecular flexibility index (Phi) is 11.6. The summed E-state index contributed by atoms with van der Waals surface area (Å²) in [7, 11) is -4.11. The van der Waals surface area contributed by atoms with Crippen LogP contribution in [0.4, 0.5) is 18.0 Å². The summed E-state index contributed by atoms with van der Waals surface area (Å²) in [5, 5.41) is 5.90. The standard InChI is InChI=1S/C41H54F3N5O8S/c1-25-14-15-28-27(21-25)26-16-18-40(57-31(26)32(45-28)41(42,43)44)22-30-33(50)47-39(6,35(52)48-58(54,55)38(5)19-20-38)17-12-10-8-7-9-11-13-29(34(51)49(30)23-40)46-36(53)56-24-37(2,3)4/h10,12,14-15,21,29-30H,7-9,11,13,16-20,22-24H2,1-6H3,(H,46,53)(H,47,50)(H,48,52)/b12-10-/t29-,30-,39+,40+/m0/s1. The second-order valence-electron chi connectivity index (χ2n) is 18.1. The van der Waals surface area contributed by atoms with Gasteiger partial charge in [0.2, 0.25) is 21.8 Å². The molecule has 6 rings (SSSR count). The van der Waals surface area contributed by atoms with E-state index in [1.165, 1.54) is 24.8 Å². The van der Waals surface area contributed by atoms with Crippen LogP contribution in [0.5, 0.6) is 5.75 Å². The zero-order valence-electron chi connectivity index (χ0n) is 33.9. The van der Waals surface area contributed by atoms with Crippen LogP contribution in [0.3, 0.4) is 0 Å². The number of pyridine rings is 1. The molecule has 3 N–H and O–H groups in total. The Hall–Kier alpha value is -4.41. The number of alkyl carbamates (subject to hydrolysis) is 1. The maximum atomic E-state index is 14.7. The summed E-state index contributed by atoms with van der Waals surface area (Å²) >= 11 is 0. The second kappa shape index (κ2) is 15.6. The number of halogens is 3. The number of carbonyl (C=O) groups is 4. The van der Waals surface area contributed by atoms with Gasteiger partial charge in [-0.1, -0.05) is 57.4 Å². The highest BCUT2D eigenvalue weighted by atomic mass is 32.2. The average Bonchev–Trinajstić information content (AvgIpc) is 3.79. The van der Waals surface area contributed by atoms with Crippen LogP contribution in [-0.4, -0.2) is 83.2 Å². The number of aromatic nitrogens is 1. The van der Waals surface area contributed by atoms with Crippen molar-refractivity contribution < 1.29 is 50.2 Å². The molecule has 2 fully saturated rings. The third-order valence-electron chi connectivity index (χ3n) is 11.6. The summed E-state index contributed by atoms with van der Waals surface area (Å²) < 4.78 is 83.3. The van der Waals surface area contributed by atoms with E-state index in [0.29, 0.717) is 49.5 Å². The molecule has 17 heteroatoms. The molecular formula is C41H54F3N5O8S. The SMILES string of the molecule is Cc1ccc2nc(C(F)(F)F)c3c(c2c1)CC[C@]1(C[C@H]2C(=O)N[C@@](C)(C(=O)NS(=O)(=O)C4(C)CC4)C/C=C\CCCCC[C@H](NC(=O)OCC(C)(C)C)C(=O)N2C1)O3. The van der Waals surface area contributed by atoms with Gasteiger partial charge in [-0.3, -0.25) is 19.1 Å². The van der Waals surface area contributed by atoms with Gasteiger partial charge in [0.05, 0.1) is 23.4 Å². The summed E-state index contributed by atoms with van der Waals surface area (Å²) in [6.45, 7) is 10.1. The molecule has 318 valence electrons. The second-order valence-corrected chi connectivity index (χ2v) is 20.3. The maximum Gasteiger partial charge on any atom is 0.437 e. The van der Waals surface area contributed by atoms with Crippen LogP contribution in [0.25, 0.3) is 10.9 Å². The van der Waals surface area contributed by atoms with Crippen molar-refractivity contribution in [1.82, 2.24) is 25.2 Å². The van der Waals surface area contributed by atoms with Crippen LogP contribution in [0.15, 0.2) is 30.4 Å². The number of allylic oxidation sites excluding steroid dienone is 1. The van der Waals surface area contributed by atoms with Crippen molar-refractivity contribution in [2.24, 2.45) is 5.41 Å². The predicted molar refractivity (Wildman–Crippen MR) is 209 cm³/mol. The third kappa shape index (κ3) is 9.23. The molecule has 1 saturated carbocycles. The molecule has 0 radical (unpaired) electrons. The van der Waals surface area contributed by atoms with Crippen molar-refractivity contribution in [3.63, 3.8) is 0 Å². The van der Waals surface area contributed by atoms with Crippen molar-refractivity contribution in [2.75, 3.05) is 13.2 Å². The number of amides is 4. The van der Waals surface area contributed by atoms with Gasteiger partial charge in [0, 0.05) is 17.4 Å². The number of nitrogens with zero attached hydrogens (tertiary/aromatic N) is 2. The van der Waals surface area contributed by atoms with Crippen LogP contribution in [0, 0.1) is 12.3 Å². The molecule has 13 nitrogen and oxygen atoms in total. The molecule has 0 unspecified atom stereocenters. The highest BCUT2D eigenvalue weighted by Crippen LogP contribution is 2.48. The van der Waals surface area contributed by atoms with Crippen LogP contribution < -0.4 is 20.1 Å². The molecule has 1 aromatic heterocycles. The van der Waals surface area contributed by atoms with Gasteiger partial charge in [-0.05, 0) is 89.7 Å². The molecule has 1 aromatic carbocycles. The number of carbonyl (C=O) groups excluding carboxylic acids is 4. The predicted octanol–water partition coefficient (Wildman–Crippen LogP) is 6.15. The topological polar surface area (TPSA) is 173 Å². The maximum absolute atomic E-state index is 14.7. The van der Waals surface area contributed by atoms with Crippen molar-refractivity contribution >= 4 is 44.7 Å². The Morgan fingerprint density at radius 3 is 2.47 bits per heavy atom. The number of fused-ring (bicyclic) bond motifs is 4. The van der Waals surface area contributed by atoms with E-state index < -0.39 is 79.4 Å². The molecular weight excluding hydrogens is 780 g/mol. The average molecular weight is 834 g/mol. The highest BCUT2D eigenvalue weighted by Gasteiger charge is 2.56. The van der Waals surface area contributed by atoms with Gasteiger partial charge in [0.25, 0.3) is 5.91 Å². The molecule has 4 amide bonds. The Bertz CT molecular complexity index is 2120. The van der Waals surface area contributed by atoms with Gasteiger partial charge < -0.3 is 25.0 Å². The molecule has 2 aromatic rings. The third-order valence-corrected chi connectivity index (χ3v) is 13.8. The van der Waals surface area contributed by atoms with Gasteiger partial charge in [-0.25, -0.2) is 18.2 Å². The number of alkyl halides is 3. The van der Waals surface area contributed by atoms with E-state index in [-0.39, 0.29) is 56.2 Å². The van der Waals surface area contributed by atoms with Crippen LogP contribution >= 0.6 is 0 Å². The Morgan fingerprint density at radius 1 is 1.07 bits per heavy atom. The number of sulfonamides is 1. The number of rotatable bonds is 5. The Balaban J connectivity index is 1.39. The fourth-order valence-corrected chi connectivity index (χ4v) is 9.13. The summed E-state index contributed by atoms with van der Waals surface area (Å²) in [5.74, 6) is -2.96. The van der Waals surface area contributed by atoms with Gasteiger partial charge in [-0.15, -0.1) is 0 Å². The van der Waals surface area contributed by atoms with E-state index in [9.17, 15) is 40.8 Å². The first kappa shape index (κ1) is 43.2. The first-order valence-electron chi connectivity index (χ1n) is 19.9. The monoisotopic (exact) mass is 833 g/mol. The first-order chi connectivity index (χ1) is 26.9. The number of aryl methyl sites for hydroxylation is 2. The number of hydrogen-bond acceptors (Lipinski definition) is 9.